The van der Waals surface area contributed by atoms with Gasteiger partial charge in [0.15, 0.2) is 5.96 Å². The van der Waals surface area contributed by atoms with Gasteiger partial charge in [0.25, 0.3) is 0 Å². The van der Waals surface area contributed by atoms with Gasteiger partial charge in [0.2, 0.25) is 23.6 Å². The molecule has 0 aliphatic heterocycles. The van der Waals surface area contributed by atoms with Crippen molar-refractivity contribution in [1.29, 1.82) is 0 Å². The number of guanidine groups is 1. The number of primary amides is 1. The highest BCUT2D eigenvalue weighted by Crippen LogP contribution is 2.00. The third kappa shape index (κ3) is 11.6. The third-order valence-corrected chi connectivity index (χ3v) is 4.25. The molecule has 0 spiro atoms. The quantitative estimate of drug-likeness (QED) is 0.0523. The Bertz CT molecular complexity index is 700. The minimum Gasteiger partial charge on any atom is -0.480 e. The second-order valence-electron chi connectivity index (χ2n) is 6.60. The standard InChI is InChI=1S/C16H30N8O6S/c1-7(12(26)23-9(15(29)30)3-2-4-21-16(19)20)22-14(28)10(6-31)24-13(27)8(17)5-11(18)25/h7-10,31H,2-6,17H2,1H3,(H2,18,25)(H,22,28)(H,23,26)(H,24,27)(H,29,30)(H4,19,20,21). The second kappa shape index (κ2) is 14.0. The van der Waals surface area contributed by atoms with Crippen LogP contribution in [-0.4, -0.2) is 77.1 Å². The van der Waals surface area contributed by atoms with Gasteiger partial charge in [-0.2, -0.15) is 12.6 Å². The molecule has 0 aliphatic rings. The first-order valence-corrected chi connectivity index (χ1v) is 9.86. The number of aliphatic imine (C=N–C) groups is 1. The molecule has 4 atom stereocenters. The van der Waals surface area contributed by atoms with E-state index in [0.29, 0.717) is 6.42 Å². The molecule has 0 rings (SSSR count). The number of rotatable bonds is 14. The van der Waals surface area contributed by atoms with Gasteiger partial charge in [-0.15, -0.1) is 0 Å². The van der Waals surface area contributed by atoms with E-state index < -0.39 is 60.2 Å². The molecule has 0 saturated carbocycles. The van der Waals surface area contributed by atoms with Crippen molar-refractivity contribution in [3.8, 4) is 0 Å². The van der Waals surface area contributed by atoms with Crippen molar-refractivity contribution < 1.29 is 29.1 Å². The van der Waals surface area contributed by atoms with E-state index in [1.54, 1.807) is 0 Å². The zero-order valence-electron chi connectivity index (χ0n) is 17.0. The first kappa shape index (κ1) is 27.9. The van der Waals surface area contributed by atoms with E-state index in [4.69, 9.17) is 22.9 Å². The summed E-state index contributed by atoms with van der Waals surface area (Å²) in [6.07, 6.45) is -0.0495. The molecule has 12 N–H and O–H groups in total. The van der Waals surface area contributed by atoms with Crippen LogP contribution in [0.1, 0.15) is 26.2 Å². The summed E-state index contributed by atoms with van der Waals surface area (Å²) in [5.41, 5.74) is 20.8. The van der Waals surface area contributed by atoms with Crippen LogP contribution in [0.4, 0.5) is 0 Å². The molecule has 176 valence electrons. The highest BCUT2D eigenvalue weighted by atomic mass is 32.1. The van der Waals surface area contributed by atoms with E-state index in [0.717, 1.165) is 0 Å². The zero-order chi connectivity index (χ0) is 24.1. The van der Waals surface area contributed by atoms with Gasteiger partial charge in [-0.25, -0.2) is 4.79 Å². The molecule has 0 heterocycles. The Hall–Kier alpha value is -3.07. The summed E-state index contributed by atoms with van der Waals surface area (Å²) in [5, 5.41) is 16.2. The highest BCUT2D eigenvalue weighted by Gasteiger charge is 2.27. The van der Waals surface area contributed by atoms with Crippen molar-refractivity contribution in [2.75, 3.05) is 12.3 Å². The molecule has 4 amide bonds. The minimum atomic E-state index is -1.26. The lowest BCUT2D eigenvalue weighted by Crippen LogP contribution is -2.57. The van der Waals surface area contributed by atoms with Crippen molar-refractivity contribution in [1.82, 2.24) is 16.0 Å². The first-order valence-electron chi connectivity index (χ1n) is 9.23. The van der Waals surface area contributed by atoms with Crippen LogP contribution in [0.3, 0.4) is 0 Å². The number of carbonyl (C=O) groups is 5. The number of aliphatic carboxylic acids is 1. The number of amides is 4. The molecular formula is C16H30N8O6S. The van der Waals surface area contributed by atoms with Gasteiger partial charge in [0, 0.05) is 12.3 Å². The number of nitrogens with zero attached hydrogens (tertiary/aromatic N) is 1. The number of hydrogen-bond acceptors (Lipinski definition) is 8. The summed E-state index contributed by atoms with van der Waals surface area (Å²) in [6.45, 7) is 1.53. The van der Waals surface area contributed by atoms with Crippen LogP contribution >= 0.6 is 12.6 Å². The summed E-state index contributed by atoms with van der Waals surface area (Å²) in [4.78, 5) is 62.4. The number of carboxylic acids is 1. The molecule has 31 heavy (non-hydrogen) atoms. The third-order valence-electron chi connectivity index (χ3n) is 3.89. The molecular weight excluding hydrogens is 432 g/mol. The van der Waals surface area contributed by atoms with Crippen molar-refractivity contribution >= 4 is 48.2 Å². The molecule has 0 fully saturated rings. The number of carboxylic acid groups (broad SMARTS) is 1. The average Bonchev–Trinajstić information content (AvgIpc) is 2.66. The summed E-state index contributed by atoms with van der Waals surface area (Å²) >= 11 is 3.97. The predicted molar refractivity (Wildman–Crippen MR) is 115 cm³/mol. The summed E-state index contributed by atoms with van der Waals surface area (Å²) in [7, 11) is 0. The Morgan fingerprint density at radius 3 is 2.03 bits per heavy atom. The Morgan fingerprint density at radius 2 is 1.55 bits per heavy atom. The maximum atomic E-state index is 12.3. The summed E-state index contributed by atoms with van der Waals surface area (Å²) in [6, 6.07) is -4.73. The maximum absolute atomic E-state index is 12.3. The lowest BCUT2D eigenvalue weighted by molar-refractivity contribution is -0.142. The van der Waals surface area contributed by atoms with E-state index in [1.807, 2.05) is 0 Å². The van der Waals surface area contributed by atoms with Gasteiger partial charge in [0.05, 0.1) is 12.5 Å². The molecule has 0 bridgehead atoms. The Labute approximate surface area is 184 Å². The fourth-order valence-corrected chi connectivity index (χ4v) is 2.48. The average molecular weight is 463 g/mol. The predicted octanol–water partition coefficient (Wildman–Crippen LogP) is -4.27. The lowest BCUT2D eigenvalue weighted by atomic mass is 10.1. The number of carbonyl (C=O) groups excluding carboxylic acids is 4. The van der Waals surface area contributed by atoms with Gasteiger partial charge >= 0.3 is 5.97 Å². The number of hydrogen-bond donors (Lipinski definition) is 9. The number of nitrogens with one attached hydrogen (secondary N) is 3. The van der Waals surface area contributed by atoms with Crippen LogP contribution in [0.2, 0.25) is 0 Å². The van der Waals surface area contributed by atoms with Crippen LogP contribution in [-0.2, 0) is 24.0 Å². The van der Waals surface area contributed by atoms with Gasteiger partial charge in [-0.05, 0) is 19.8 Å². The molecule has 0 aromatic carbocycles. The normalized spacial score (nSPS) is 14.3. The second-order valence-corrected chi connectivity index (χ2v) is 6.96. The number of nitrogens with two attached hydrogens (primary N) is 4. The molecule has 0 aromatic rings. The fraction of sp³-hybridized carbons (Fsp3) is 0.625. The van der Waals surface area contributed by atoms with Crippen LogP contribution in [0, 0.1) is 0 Å². The molecule has 0 radical (unpaired) electrons. The zero-order valence-corrected chi connectivity index (χ0v) is 17.9. The molecule has 15 heteroatoms. The Balaban J connectivity index is 4.79. The largest absolute Gasteiger partial charge is 0.480 e. The van der Waals surface area contributed by atoms with E-state index in [-0.39, 0.29) is 24.7 Å². The highest BCUT2D eigenvalue weighted by molar-refractivity contribution is 7.80. The Kier molecular flexibility index (Phi) is 12.6. The molecule has 4 unspecified atom stereocenters. The van der Waals surface area contributed by atoms with Gasteiger partial charge in [0.1, 0.15) is 18.1 Å². The van der Waals surface area contributed by atoms with E-state index in [9.17, 15) is 29.1 Å². The van der Waals surface area contributed by atoms with E-state index in [1.165, 1.54) is 6.92 Å². The fourth-order valence-electron chi connectivity index (χ4n) is 2.22. The smallest absolute Gasteiger partial charge is 0.326 e. The van der Waals surface area contributed by atoms with Crippen LogP contribution in [0.5, 0.6) is 0 Å². The van der Waals surface area contributed by atoms with Gasteiger partial charge in [-0.1, -0.05) is 0 Å². The van der Waals surface area contributed by atoms with Gasteiger partial charge < -0.3 is 44.0 Å². The SMILES string of the molecule is CC(NC(=O)C(CS)NC(=O)C(N)CC(N)=O)C(=O)NC(CCCN=C(N)N)C(=O)O. The van der Waals surface area contributed by atoms with E-state index in [2.05, 4.69) is 33.6 Å². The molecule has 0 saturated heterocycles. The van der Waals surface area contributed by atoms with Crippen molar-refractivity contribution in [2.45, 2.75) is 50.4 Å². The number of thiol groups is 1. The van der Waals surface area contributed by atoms with Crippen LogP contribution < -0.4 is 38.9 Å². The lowest BCUT2D eigenvalue weighted by Gasteiger charge is -2.22. The van der Waals surface area contributed by atoms with Gasteiger partial charge in [-0.3, -0.25) is 24.2 Å². The Morgan fingerprint density at radius 1 is 0.968 bits per heavy atom. The summed E-state index contributed by atoms with van der Waals surface area (Å²) in [5.74, 6) is -4.61. The maximum Gasteiger partial charge on any atom is 0.326 e. The minimum absolute atomic E-state index is 0.0611. The molecule has 0 aromatic heterocycles. The molecule has 14 nitrogen and oxygen atoms in total. The monoisotopic (exact) mass is 462 g/mol. The van der Waals surface area contributed by atoms with Crippen LogP contribution in [0.15, 0.2) is 4.99 Å². The first-order chi connectivity index (χ1) is 14.4. The topological polar surface area (TPSA) is 258 Å². The van der Waals surface area contributed by atoms with Crippen LogP contribution in [0.25, 0.3) is 0 Å². The van der Waals surface area contributed by atoms with E-state index >= 15 is 0 Å². The van der Waals surface area contributed by atoms with Crippen molar-refractivity contribution in [2.24, 2.45) is 27.9 Å². The van der Waals surface area contributed by atoms with Crippen molar-refractivity contribution in [3.05, 3.63) is 0 Å². The summed E-state index contributed by atoms with van der Waals surface area (Å²) < 4.78 is 0. The molecule has 0 aliphatic carbocycles. The van der Waals surface area contributed by atoms with Crippen molar-refractivity contribution in [3.63, 3.8) is 0 Å².